The maximum Gasteiger partial charge on any atom is 1.00 e. The summed E-state index contributed by atoms with van der Waals surface area (Å²) in [5.74, 6) is -18.1. The Balaban J connectivity index is 0.00000242. The van der Waals surface area contributed by atoms with E-state index in [1.165, 1.54) is 0 Å². The van der Waals surface area contributed by atoms with Crippen molar-refractivity contribution in [1.82, 2.24) is 0 Å². The van der Waals surface area contributed by atoms with Crippen molar-refractivity contribution in [2.24, 2.45) is 0 Å². The maximum atomic E-state index is 13.5. The van der Waals surface area contributed by atoms with E-state index < -0.39 is 66.5 Å². The van der Waals surface area contributed by atoms with Gasteiger partial charge in [0.2, 0.25) is 0 Å². The fraction of sp³-hybridized carbons (Fsp3) is 0. The van der Waals surface area contributed by atoms with Gasteiger partial charge in [0.15, 0.2) is 40.7 Å². The largest absolute Gasteiger partial charge is 1.00 e. The Hall–Kier alpha value is -1.14. The molecule has 0 unspecified atom stereocenters. The molecule has 3 nitrogen and oxygen atoms in total. The minimum Gasteiger partial charge on any atom is -0.744 e. The van der Waals surface area contributed by atoms with Gasteiger partial charge in [-0.15, -0.1) is 0 Å². The van der Waals surface area contributed by atoms with Crippen molar-refractivity contribution in [2.75, 3.05) is 0 Å². The molecule has 0 amide bonds. The van der Waals surface area contributed by atoms with Crippen LogP contribution in [0.5, 0.6) is 0 Å². The van der Waals surface area contributed by atoms with E-state index in [9.17, 15) is 43.7 Å². The summed E-state index contributed by atoms with van der Waals surface area (Å²) in [4.78, 5) is -2.35. The van der Waals surface area contributed by atoms with E-state index in [1.54, 1.807) is 0 Å². The molecule has 2 aromatic carbocycles. The molecule has 0 bridgehead atoms. The average molecular weight is 441 g/mol. The topological polar surface area (TPSA) is 57.2 Å². The Morgan fingerprint density at radius 3 is 1.27 bits per heavy atom. The standard InChI is InChI=1S/C10HF7O3S.Ag/c11-3-1-2(5(13)7(15)6(3)14)10(21(18,19)20)9(17)8(16)4(1)12;/h(H,18,19,20);/q;+1/p-1. The molecule has 22 heavy (non-hydrogen) atoms. The summed E-state index contributed by atoms with van der Waals surface area (Å²) in [6.07, 6.45) is 0. The predicted octanol–water partition coefficient (Wildman–Crippen LogP) is 2.72. The van der Waals surface area contributed by atoms with Crippen molar-refractivity contribution in [1.29, 1.82) is 0 Å². The number of rotatable bonds is 1. The Labute approximate surface area is 133 Å². The Kier molecular flexibility index (Phi) is 5.00. The SMILES string of the molecule is O=S(=O)([O-])c1c(F)c(F)c(F)c2c(F)c(F)c(F)c(F)c12.[Ag+]. The van der Waals surface area contributed by atoms with E-state index >= 15 is 0 Å². The third-order valence-corrected chi connectivity index (χ3v) is 3.43. The maximum absolute atomic E-state index is 13.5. The smallest absolute Gasteiger partial charge is 0.744 e. The first kappa shape index (κ1) is 18.9. The van der Waals surface area contributed by atoms with Crippen LogP contribution in [0.25, 0.3) is 10.8 Å². The third kappa shape index (κ3) is 2.52. The van der Waals surface area contributed by atoms with Gasteiger partial charge in [0.1, 0.15) is 15.0 Å². The molecule has 0 aromatic heterocycles. The van der Waals surface area contributed by atoms with Crippen molar-refractivity contribution in [3.05, 3.63) is 40.7 Å². The second-order valence-corrected chi connectivity index (χ2v) is 5.05. The van der Waals surface area contributed by atoms with Gasteiger partial charge in [-0.3, -0.25) is 0 Å². The monoisotopic (exact) mass is 440 g/mol. The molecule has 0 heterocycles. The van der Waals surface area contributed by atoms with E-state index in [0.29, 0.717) is 0 Å². The Morgan fingerprint density at radius 1 is 0.591 bits per heavy atom. The first-order chi connectivity index (χ1) is 9.50. The molecule has 0 aliphatic heterocycles. The van der Waals surface area contributed by atoms with Crippen molar-refractivity contribution >= 4 is 20.9 Å². The fourth-order valence-electron chi connectivity index (χ4n) is 1.70. The minimum absolute atomic E-state index is 0. The van der Waals surface area contributed by atoms with E-state index in [2.05, 4.69) is 0 Å². The van der Waals surface area contributed by atoms with E-state index in [4.69, 9.17) is 0 Å². The second kappa shape index (κ2) is 5.81. The van der Waals surface area contributed by atoms with Gasteiger partial charge in [0.25, 0.3) is 0 Å². The summed E-state index contributed by atoms with van der Waals surface area (Å²) in [6, 6.07) is 0. The zero-order valence-corrected chi connectivity index (χ0v) is 11.9. The first-order valence-corrected chi connectivity index (χ1v) is 6.19. The molecule has 0 aliphatic carbocycles. The fourth-order valence-corrected chi connectivity index (χ4v) is 2.45. The van der Waals surface area contributed by atoms with Crippen LogP contribution >= 0.6 is 0 Å². The molecular formula is C10AgF7O3S. The molecule has 12 heteroatoms. The van der Waals surface area contributed by atoms with Gasteiger partial charge in [-0.05, 0) is 0 Å². The molecule has 0 saturated carbocycles. The summed E-state index contributed by atoms with van der Waals surface area (Å²) in [6.45, 7) is 0. The Bertz CT molecular complexity index is 890. The van der Waals surface area contributed by atoms with Crippen LogP contribution in [0.2, 0.25) is 0 Å². The van der Waals surface area contributed by atoms with Crippen molar-refractivity contribution in [3.63, 3.8) is 0 Å². The number of fused-ring (bicyclic) bond motifs is 1. The predicted molar refractivity (Wildman–Crippen MR) is 51.6 cm³/mol. The van der Waals surface area contributed by atoms with Crippen molar-refractivity contribution < 1.29 is 66.1 Å². The van der Waals surface area contributed by atoms with Crippen LogP contribution in [0.4, 0.5) is 30.7 Å². The number of hydrogen-bond acceptors (Lipinski definition) is 3. The molecule has 2 aromatic rings. The number of hydrogen-bond donors (Lipinski definition) is 0. The van der Waals surface area contributed by atoms with E-state index in [1.807, 2.05) is 0 Å². The molecule has 0 radical (unpaired) electrons. The van der Waals surface area contributed by atoms with Crippen LogP contribution in [-0.2, 0) is 32.5 Å². The van der Waals surface area contributed by atoms with E-state index in [-0.39, 0.29) is 22.4 Å². The summed E-state index contributed by atoms with van der Waals surface area (Å²) in [5, 5.41) is -4.07. The van der Waals surface area contributed by atoms with Gasteiger partial charge in [-0.2, -0.15) is 0 Å². The van der Waals surface area contributed by atoms with Gasteiger partial charge in [-0.1, -0.05) is 0 Å². The van der Waals surface area contributed by atoms with Crippen LogP contribution in [0.3, 0.4) is 0 Å². The summed E-state index contributed by atoms with van der Waals surface area (Å²) in [7, 11) is -6.00. The van der Waals surface area contributed by atoms with Crippen LogP contribution in [0, 0.1) is 40.7 Å². The molecule has 0 fully saturated rings. The van der Waals surface area contributed by atoms with Crippen LogP contribution < -0.4 is 0 Å². The molecule has 0 aliphatic rings. The van der Waals surface area contributed by atoms with Gasteiger partial charge < -0.3 is 4.55 Å². The van der Waals surface area contributed by atoms with Crippen LogP contribution in [-0.4, -0.2) is 13.0 Å². The minimum atomic E-state index is -6.00. The van der Waals surface area contributed by atoms with Gasteiger partial charge in [-0.25, -0.2) is 39.2 Å². The quantitative estimate of drug-likeness (QED) is 0.225. The third-order valence-electron chi connectivity index (χ3n) is 2.55. The molecule has 0 atom stereocenters. The number of benzene rings is 2. The zero-order valence-electron chi connectivity index (χ0n) is 9.58. The first-order valence-electron chi connectivity index (χ1n) is 4.78. The molecule has 0 saturated heterocycles. The molecule has 0 spiro atoms. The average Bonchev–Trinajstić information content (AvgIpc) is 2.38. The normalized spacial score (nSPS) is 11.6. The number of halogens is 7. The summed E-state index contributed by atoms with van der Waals surface area (Å²) < 4.78 is 125. The Morgan fingerprint density at radius 2 is 0.909 bits per heavy atom. The summed E-state index contributed by atoms with van der Waals surface area (Å²) in [5.41, 5.74) is 0. The van der Waals surface area contributed by atoms with Crippen LogP contribution in [0.1, 0.15) is 0 Å². The molecule has 0 N–H and O–H groups in total. The molecule has 2 rings (SSSR count). The van der Waals surface area contributed by atoms with Gasteiger partial charge >= 0.3 is 22.4 Å². The van der Waals surface area contributed by atoms with Crippen molar-refractivity contribution in [2.45, 2.75) is 4.90 Å². The van der Waals surface area contributed by atoms with Gasteiger partial charge in [0, 0.05) is 5.39 Å². The van der Waals surface area contributed by atoms with Crippen LogP contribution in [0.15, 0.2) is 4.90 Å². The van der Waals surface area contributed by atoms with Gasteiger partial charge in [0.05, 0.1) is 5.39 Å². The second-order valence-electron chi connectivity index (χ2n) is 3.73. The van der Waals surface area contributed by atoms with Crippen molar-refractivity contribution in [3.8, 4) is 0 Å². The zero-order chi connectivity index (χ0) is 16.3. The van der Waals surface area contributed by atoms with E-state index in [0.717, 1.165) is 0 Å². The molecule has 124 valence electrons. The molecular weight excluding hydrogens is 441 g/mol. The summed E-state index contributed by atoms with van der Waals surface area (Å²) >= 11 is 0.